The summed E-state index contributed by atoms with van der Waals surface area (Å²) in [5.41, 5.74) is 0. The minimum Gasteiger partial charge on any atom is -0.165 e. The number of unbranched alkanes of at least 4 members (excludes halogenated alkanes) is 2. The van der Waals surface area contributed by atoms with Crippen molar-refractivity contribution in [2.24, 2.45) is 0 Å². The minimum atomic E-state index is 1.07. The first kappa shape index (κ1) is 8.09. The molecule has 0 aliphatic heterocycles. The van der Waals surface area contributed by atoms with E-state index in [2.05, 4.69) is 6.26 Å². The Morgan fingerprint density at radius 1 is 1.50 bits per heavy atom. The number of hydrogen-bond acceptors (Lipinski definition) is 1. The highest BCUT2D eigenvalue weighted by Crippen LogP contribution is 2.01. The number of allylic oxidation sites excluding steroid dienone is 1. The highest BCUT2D eigenvalue weighted by atomic mass is 32.2. The molecule has 0 fully saturated rings. The van der Waals surface area contributed by atoms with Gasteiger partial charge in [0.2, 0.25) is 0 Å². The fourth-order valence-electron chi connectivity index (χ4n) is 0.509. The van der Waals surface area contributed by atoms with Crippen molar-refractivity contribution in [2.45, 2.75) is 19.3 Å². The van der Waals surface area contributed by atoms with Gasteiger partial charge in [-0.2, -0.15) is 11.8 Å². The second kappa shape index (κ2) is 7.09. The largest absolute Gasteiger partial charge is 0.165 e. The zero-order valence-corrected chi connectivity index (χ0v) is 6.21. The van der Waals surface area contributed by atoms with Crippen molar-refractivity contribution in [1.82, 2.24) is 0 Å². The Hall–Kier alpha value is 0.0900. The highest BCUT2D eigenvalue weighted by Gasteiger charge is 1.81. The van der Waals surface area contributed by atoms with Crippen molar-refractivity contribution in [3.8, 4) is 0 Å². The zero-order valence-electron chi connectivity index (χ0n) is 5.39. The van der Waals surface area contributed by atoms with E-state index in [1.807, 2.05) is 11.8 Å². The third kappa shape index (κ3) is 6.09. The lowest BCUT2D eigenvalue weighted by Gasteiger charge is -1.91. The first-order valence-corrected chi connectivity index (χ1v) is 4.33. The van der Waals surface area contributed by atoms with Gasteiger partial charge in [-0.15, -0.1) is 0 Å². The molecule has 0 aliphatic rings. The van der Waals surface area contributed by atoms with E-state index in [1.165, 1.54) is 18.6 Å². The summed E-state index contributed by atoms with van der Waals surface area (Å²) < 4.78 is 0. The van der Waals surface area contributed by atoms with E-state index in [0.29, 0.717) is 0 Å². The summed E-state index contributed by atoms with van der Waals surface area (Å²) >= 11 is 1.90. The Morgan fingerprint density at radius 2 is 2.25 bits per heavy atom. The molecule has 0 amide bonds. The molecule has 0 bridgehead atoms. The molecule has 0 saturated heterocycles. The smallest absolute Gasteiger partial charge is 0.00702 e. The van der Waals surface area contributed by atoms with E-state index in [9.17, 15) is 0 Å². The van der Waals surface area contributed by atoms with Crippen molar-refractivity contribution < 1.29 is 0 Å². The first-order valence-electron chi connectivity index (χ1n) is 2.94. The van der Waals surface area contributed by atoms with Crippen molar-refractivity contribution in [1.29, 1.82) is 0 Å². The summed E-state index contributed by atoms with van der Waals surface area (Å²) in [4.78, 5) is 0. The maximum absolute atomic E-state index is 5.18. The molecule has 0 aromatic carbocycles. The molecule has 8 heavy (non-hydrogen) atoms. The van der Waals surface area contributed by atoms with E-state index in [1.54, 1.807) is 6.08 Å². The standard InChI is InChI=1S/C7H13S/c1-3-4-5-6-7-8-2/h1,3H,4-7H2,2H3. The van der Waals surface area contributed by atoms with Gasteiger partial charge in [0.05, 0.1) is 0 Å². The predicted octanol–water partition coefficient (Wildman–Crippen LogP) is 2.51. The maximum atomic E-state index is 5.18. The van der Waals surface area contributed by atoms with Gasteiger partial charge in [-0.05, 0) is 31.3 Å². The van der Waals surface area contributed by atoms with Crippen LogP contribution in [-0.2, 0) is 0 Å². The van der Waals surface area contributed by atoms with Gasteiger partial charge < -0.3 is 0 Å². The second-order valence-corrected chi connectivity index (χ2v) is 2.71. The molecular weight excluding hydrogens is 116 g/mol. The second-order valence-electron chi connectivity index (χ2n) is 1.72. The molecule has 1 heteroatoms. The van der Waals surface area contributed by atoms with Gasteiger partial charge in [0, 0.05) is 0 Å². The van der Waals surface area contributed by atoms with Crippen LogP contribution < -0.4 is 0 Å². The van der Waals surface area contributed by atoms with Gasteiger partial charge >= 0.3 is 0 Å². The first-order chi connectivity index (χ1) is 3.91. The highest BCUT2D eigenvalue weighted by molar-refractivity contribution is 7.98. The fraction of sp³-hybridized carbons (Fsp3) is 0.714. The molecule has 0 spiro atoms. The van der Waals surface area contributed by atoms with Gasteiger partial charge in [-0.25, -0.2) is 0 Å². The van der Waals surface area contributed by atoms with Gasteiger partial charge in [-0.1, -0.05) is 12.7 Å². The molecule has 0 nitrogen and oxygen atoms in total. The quantitative estimate of drug-likeness (QED) is 0.514. The SMILES string of the molecule is [CH]=CCCCCSC. The number of rotatable bonds is 5. The molecule has 47 valence electrons. The summed E-state index contributed by atoms with van der Waals surface area (Å²) in [6.45, 7) is 5.18. The number of thioether (sulfide) groups is 1. The van der Waals surface area contributed by atoms with E-state index in [0.717, 1.165) is 6.42 Å². The lowest BCUT2D eigenvalue weighted by atomic mass is 10.2. The van der Waals surface area contributed by atoms with Crippen LogP contribution in [-0.4, -0.2) is 12.0 Å². The Kier molecular flexibility index (Phi) is 7.17. The van der Waals surface area contributed by atoms with Crippen LogP contribution in [0.25, 0.3) is 0 Å². The summed E-state index contributed by atoms with van der Waals surface area (Å²) in [5, 5.41) is 0. The molecule has 0 rings (SSSR count). The molecule has 0 unspecified atom stereocenters. The Balaban J connectivity index is 2.62. The van der Waals surface area contributed by atoms with E-state index >= 15 is 0 Å². The minimum absolute atomic E-state index is 1.07. The molecule has 0 heterocycles. The van der Waals surface area contributed by atoms with Crippen LogP contribution >= 0.6 is 11.8 Å². The van der Waals surface area contributed by atoms with Gasteiger partial charge in [-0.3, -0.25) is 0 Å². The molecule has 0 saturated carbocycles. The fourth-order valence-corrected chi connectivity index (χ4v) is 1.00. The summed E-state index contributed by atoms with van der Waals surface area (Å²) in [7, 11) is 0. The normalized spacial score (nSPS) is 9.12. The van der Waals surface area contributed by atoms with E-state index in [-0.39, 0.29) is 0 Å². The average Bonchev–Trinajstić information content (AvgIpc) is 1.81. The summed E-state index contributed by atoms with van der Waals surface area (Å²) in [6.07, 6.45) is 7.49. The summed E-state index contributed by atoms with van der Waals surface area (Å²) in [5.74, 6) is 1.27. The monoisotopic (exact) mass is 129 g/mol. The van der Waals surface area contributed by atoms with E-state index < -0.39 is 0 Å². The molecule has 1 radical (unpaired) electrons. The third-order valence-electron chi connectivity index (χ3n) is 0.969. The lowest BCUT2D eigenvalue weighted by Crippen LogP contribution is -1.76. The average molecular weight is 129 g/mol. The van der Waals surface area contributed by atoms with E-state index in [4.69, 9.17) is 6.58 Å². The Labute approximate surface area is 56.4 Å². The summed E-state index contributed by atoms with van der Waals surface area (Å²) in [6, 6.07) is 0. The Bertz CT molecular complexity index is 50.3. The van der Waals surface area contributed by atoms with Crippen LogP contribution in [0.5, 0.6) is 0 Å². The van der Waals surface area contributed by atoms with Gasteiger partial charge in [0.15, 0.2) is 0 Å². The molecule has 0 N–H and O–H groups in total. The zero-order chi connectivity index (χ0) is 6.24. The maximum Gasteiger partial charge on any atom is -0.00702 e. The predicted molar refractivity (Wildman–Crippen MR) is 41.1 cm³/mol. The van der Waals surface area contributed by atoms with Gasteiger partial charge in [0.25, 0.3) is 0 Å². The molecule has 0 aliphatic carbocycles. The van der Waals surface area contributed by atoms with Gasteiger partial charge in [0.1, 0.15) is 0 Å². The van der Waals surface area contributed by atoms with Crippen LogP contribution in [0, 0.1) is 6.58 Å². The van der Waals surface area contributed by atoms with Crippen LogP contribution in [0.1, 0.15) is 19.3 Å². The molecule has 0 aromatic heterocycles. The van der Waals surface area contributed by atoms with Crippen LogP contribution in [0.4, 0.5) is 0 Å². The van der Waals surface area contributed by atoms with Crippen LogP contribution in [0.15, 0.2) is 6.08 Å². The third-order valence-corrected chi connectivity index (χ3v) is 1.67. The van der Waals surface area contributed by atoms with Crippen molar-refractivity contribution in [3.63, 3.8) is 0 Å². The van der Waals surface area contributed by atoms with Crippen molar-refractivity contribution >= 4 is 11.8 Å². The van der Waals surface area contributed by atoms with Crippen LogP contribution in [0.3, 0.4) is 0 Å². The molecule has 0 aromatic rings. The number of hydrogen-bond donors (Lipinski definition) is 0. The van der Waals surface area contributed by atoms with Crippen molar-refractivity contribution in [3.05, 3.63) is 12.7 Å². The topological polar surface area (TPSA) is 0 Å². The lowest BCUT2D eigenvalue weighted by molar-refractivity contribution is 0.824. The van der Waals surface area contributed by atoms with Crippen LogP contribution in [0.2, 0.25) is 0 Å². The molecular formula is C7H13S. The van der Waals surface area contributed by atoms with Crippen molar-refractivity contribution in [2.75, 3.05) is 12.0 Å². The Morgan fingerprint density at radius 3 is 2.75 bits per heavy atom. The molecule has 0 atom stereocenters.